The van der Waals surface area contributed by atoms with E-state index in [0.29, 0.717) is 31.7 Å². The molecule has 1 unspecified atom stereocenters. The Hall–Kier alpha value is -2.02. The Morgan fingerprint density at radius 2 is 1.88 bits per heavy atom. The molecule has 26 heavy (non-hydrogen) atoms. The molecule has 1 aromatic carbocycles. The zero-order valence-electron chi connectivity index (χ0n) is 15.1. The molecule has 1 aromatic rings. The fourth-order valence-corrected chi connectivity index (χ4v) is 4.83. The van der Waals surface area contributed by atoms with Crippen molar-refractivity contribution < 1.29 is 19.1 Å². The molecule has 2 amide bonds. The van der Waals surface area contributed by atoms with Crippen LogP contribution in [0.1, 0.15) is 19.3 Å². The van der Waals surface area contributed by atoms with Gasteiger partial charge in [0.2, 0.25) is 11.8 Å². The van der Waals surface area contributed by atoms with Crippen LogP contribution in [0.2, 0.25) is 0 Å². The van der Waals surface area contributed by atoms with Crippen molar-refractivity contribution in [3.8, 4) is 0 Å². The fourth-order valence-electron chi connectivity index (χ4n) is 4.01. The molecule has 3 rings (SSSR count). The van der Waals surface area contributed by atoms with Crippen LogP contribution >= 0.6 is 11.8 Å². The Kier molecular flexibility index (Phi) is 5.55. The first kappa shape index (κ1) is 18.8. The number of methoxy groups -OCH3 is 1. The number of carbonyl (C=O) groups is 3. The van der Waals surface area contributed by atoms with Crippen molar-refractivity contribution in [1.29, 1.82) is 0 Å². The Balaban J connectivity index is 1.61. The summed E-state index contributed by atoms with van der Waals surface area (Å²) in [6.45, 7) is 1.11. The third-order valence-electron chi connectivity index (χ3n) is 5.64. The molecule has 0 aromatic heterocycles. The van der Waals surface area contributed by atoms with Crippen molar-refractivity contribution in [2.45, 2.75) is 29.7 Å². The van der Waals surface area contributed by atoms with Crippen LogP contribution in [0.15, 0.2) is 35.2 Å². The van der Waals surface area contributed by atoms with E-state index in [0.717, 1.165) is 4.90 Å². The van der Waals surface area contributed by atoms with Gasteiger partial charge >= 0.3 is 5.97 Å². The summed E-state index contributed by atoms with van der Waals surface area (Å²) in [7, 11) is 3.12. The Bertz CT molecular complexity index is 686. The molecule has 0 aliphatic carbocycles. The molecule has 0 bridgehead atoms. The fraction of sp³-hybridized carbons (Fsp3) is 0.526. The maximum Gasteiger partial charge on any atom is 0.311 e. The van der Waals surface area contributed by atoms with E-state index in [1.165, 1.54) is 18.9 Å². The van der Waals surface area contributed by atoms with Gasteiger partial charge < -0.3 is 14.5 Å². The molecule has 2 saturated heterocycles. The standard InChI is InChI=1S/C19H24N2O4S/c1-20-16(22)12-15(18(24)25-2)19(20)8-10-21(11-9-19)17(23)13-26-14-6-4-3-5-7-14/h3-7,15H,8-13H2,1-2H3. The molecule has 0 radical (unpaired) electrons. The van der Waals surface area contributed by atoms with Crippen LogP contribution in [0.5, 0.6) is 0 Å². The lowest BCUT2D eigenvalue weighted by molar-refractivity contribution is -0.150. The minimum absolute atomic E-state index is 0.0280. The van der Waals surface area contributed by atoms with Crippen molar-refractivity contribution in [2.24, 2.45) is 5.92 Å². The number of rotatable bonds is 4. The summed E-state index contributed by atoms with van der Waals surface area (Å²) in [5.74, 6) is -0.315. The Morgan fingerprint density at radius 1 is 1.23 bits per heavy atom. The van der Waals surface area contributed by atoms with E-state index < -0.39 is 11.5 Å². The predicted octanol–water partition coefficient (Wildman–Crippen LogP) is 1.79. The summed E-state index contributed by atoms with van der Waals surface area (Å²) in [6.07, 6.45) is 1.41. The molecular formula is C19H24N2O4S. The molecule has 6 nitrogen and oxygen atoms in total. The minimum Gasteiger partial charge on any atom is -0.469 e. The van der Waals surface area contributed by atoms with Crippen molar-refractivity contribution in [3.63, 3.8) is 0 Å². The largest absolute Gasteiger partial charge is 0.469 e. The first-order valence-electron chi connectivity index (χ1n) is 8.78. The number of carbonyl (C=O) groups excluding carboxylic acids is 3. The summed E-state index contributed by atoms with van der Waals surface area (Å²) >= 11 is 1.53. The van der Waals surface area contributed by atoms with Crippen molar-refractivity contribution in [1.82, 2.24) is 9.80 Å². The van der Waals surface area contributed by atoms with Crippen molar-refractivity contribution >= 4 is 29.5 Å². The number of hydrogen-bond donors (Lipinski definition) is 0. The molecule has 2 heterocycles. The molecule has 2 aliphatic rings. The molecule has 1 spiro atoms. The lowest BCUT2D eigenvalue weighted by Crippen LogP contribution is -2.57. The zero-order chi connectivity index (χ0) is 18.7. The highest BCUT2D eigenvalue weighted by Gasteiger charge is 2.55. The molecule has 1 atom stereocenters. The normalized spacial score (nSPS) is 21.9. The van der Waals surface area contributed by atoms with Gasteiger partial charge in [-0.05, 0) is 25.0 Å². The SMILES string of the molecule is COC(=O)C1CC(=O)N(C)C12CCN(C(=O)CSc1ccccc1)CC2. The van der Waals surface area contributed by atoms with E-state index in [1.54, 1.807) is 11.9 Å². The number of ether oxygens (including phenoxy) is 1. The summed E-state index contributed by atoms with van der Waals surface area (Å²) in [5, 5.41) is 0. The first-order chi connectivity index (χ1) is 12.5. The van der Waals surface area contributed by atoms with Crippen LogP contribution in [0, 0.1) is 5.92 Å². The van der Waals surface area contributed by atoms with Gasteiger partial charge in [-0.2, -0.15) is 0 Å². The number of likely N-dealkylation sites (tertiary alicyclic amines) is 2. The maximum absolute atomic E-state index is 12.5. The van der Waals surface area contributed by atoms with E-state index in [-0.39, 0.29) is 24.2 Å². The maximum atomic E-state index is 12.5. The van der Waals surface area contributed by atoms with E-state index in [4.69, 9.17) is 4.74 Å². The number of piperidine rings is 1. The molecule has 140 valence electrons. The first-order valence-corrected chi connectivity index (χ1v) is 9.76. The van der Waals surface area contributed by atoms with Gasteiger partial charge in [0, 0.05) is 31.5 Å². The zero-order valence-corrected chi connectivity index (χ0v) is 16.0. The van der Waals surface area contributed by atoms with Crippen LogP contribution in [-0.4, -0.2) is 66.1 Å². The highest BCUT2D eigenvalue weighted by Crippen LogP contribution is 2.43. The van der Waals surface area contributed by atoms with Gasteiger partial charge in [-0.3, -0.25) is 14.4 Å². The van der Waals surface area contributed by atoms with Gasteiger partial charge in [0.05, 0.1) is 24.3 Å². The van der Waals surface area contributed by atoms with E-state index in [2.05, 4.69) is 0 Å². The third-order valence-corrected chi connectivity index (χ3v) is 6.64. The second-order valence-corrected chi connectivity index (χ2v) is 7.87. The summed E-state index contributed by atoms with van der Waals surface area (Å²) in [4.78, 5) is 41.5. The van der Waals surface area contributed by atoms with Crippen LogP contribution in [0.4, 0.5) is 0 Å². The van der Waals surface area contributed by atoms with Gasteiger partial charge in [-0.1, -0.05) is 18.2 Å². The van der Waals surface area contributed by atoms with E-state index >= 15 is 0 Å². The highest BCUT2D eigenvalue weighted by molar-refractivity contribution is 8.00. The molecule has 0 saturated carbocycles. The third kappa shape index (κ3) is 3.45. The van der Waals surface area contributed by atoms with E-state index in [1.807, 2.05) is 35.2 Å². The van der Waals surface area contributed by atoms with Gasteiger partial charge in [0.15, 0.2) is 0 Å². The van der Waals surface area contributed by atoms with Crippen LogP contribution in [0.25, 0.3) is 0 Å². The van der Waals surface area contributed by atoms with Crippen LogP contribution < -0.4 is 0 Å². The molecule has 0 N–H and O–H groups in total. The topological polar surface area (TPSA) is 66.9 Å². The second-order valence-electron chi connectivity index (χ2n) is 6.82. The number of esters is 1. The smallest absolute Gasteiger partial charge is 0.311 e. The van der Waals surface area contributed by atoms with Gasteiger partial charge in [0.1, 0.15) is 0 Å². The number of benzene rings is 1. The lowest BCUT2D eigenvalue weighted by Gasteiger charge is -2.45. The quantitative estimate of drug-likeness (QED) is 0.592. The number of nitrogens with zero attached hydrogens (tertiary/aromatic N) is 2. The van der Waals surface area contributed by atoms with Gasteiger partial charge in [-0.15, -0.1) is 11.8 Å². The highest BCUT2D eigenvalue weighted by atomic mass is 32.2. The molecule has 7 heteroatoms. The average molecular weight is 376 g/mol. The minimum atomic E-state index is -0.520. The summed E-state index contributed by atoms with van der Waals surface area (Å²) in [5.41, 5.74) is -0.520. The molecule has 2 fully saturated rings. The number of hydrogen-bond acceptors (Lipinski definition) is 5. The summed E-state index contributed by atoms with van der Waals surface area (Å²) < 4.78 is 4.92. The lowest BCUT2D eigenvalue weighted by atomic mass is 9.77. The Morgan fingerprint density at radius 3 is 2.50 bits per heavy atom. The van der Waals surface area contributed by atoms with E-state index in [9.17, 15) is 14.4 Å². The average Bonchev–Trinajstić information content (AvgIpc) is 2.92. The van der Waals surface area contributed by atoms with Crippen molar-refractivity contribution in [2.75, 3.05) is 33.0 Å². The van der Waals surface area contributed by atoms with Crippen LogP contribution in [0.3, 0.4) is 0 Å². The predicted molar refractivity (Wildman–Crippen MR) is 98.6 cm³/mol. The van der Waals surface area contributed by atoms with Crippen LogP contribution in [-0.2, 0) is 19.1 Å². The Labute approximate surface area is 157 Å². The van der Waals surface area contributed by atoms with Gasteiger partial charge in [-0.25, -0.2) is 0 Å². The molecule has 2 aliphatic heterocycles. The van der Waals surface area contributed by atoms with Gasteiger partial charge in [0.25, 0.3) is 0 Å². The summed E-state index contributed by atoms with van der Waals surface area (Å²) in [6, 6.07) is 9.84. The molecular weight excluding hydrogens is 352 g/mol. The van der Waals surface area contributed by atoms with Crippen molar-refractivity contribution in [3.05, 3.63) is 30.3 Å². The second kappa shape index (κ2) is 7.70. The number of amides is 2. The monoisotopic (exact) mass is 376 g/mol. The number of thioether (sulfide) groups is 1.